The van der Waals surface area contributed by atoms with Gasteiger partial charge in [-0.05, 0) is 30.3 Å². The SMILES string of the molecule is O=S(=O)(Oc1ccccc1F)c1cccc(Br)c1. The van der Waals surface area contributed by atoms with Crippen molar-refractivity contribution in [1.82, 2.24) is 0 Å². The maximum atomic E-state index is 13.3. The normalized spacial score (nSPS) is 11.2. The zero-order valence-corrected chi connectivity index (χ0v) is 11.4. The largest absolute Gasteiger partial charge is 0.376 e. The van der Waals surface area contributed by atoms with Gasteiger partial charge in [-0.15, -0.1) is 0 Å². The zero-order valence-electron chi connectivity index (χ0n) is 9.01. The summed E-state index contributed by atoms with van der Waals surface area (Å²) < 4.78 is 42.5. The van der Waals surface area contributed by atoms with Crippen molar-refractivity contribution in [3.8, 4) is 5.75 Å². The topological polar surface area (TPSA) is 43.4 Å². The van der Waals surface area contributed by atoms with Gasteiger partial charge in [0.2, 0.25) is 0 Å². The van der Waals surface area contributed by atoms with Crippen LogP contribution in [0.3, 0.4) is 0 Å². The lowest BCUT2D eigenvalue weighted by atomic mass is 10.3. The van der Waals surface area contributed by atoms with Crippen molar-refractivity contribution in [3.63, 3.8) is 0 Å². The molecule has 2 rings (SSSR count). The highest BCUT2D eigenvalue weighted by molar-refractivity contribution is 9.10. The van der Waals surface area contributed by atoms with Crippen LogP contribution < -0.4 is 4.18 Å². The fourth-order valence-electron chi connectivity index (χ4n) is 1.30. The van der Waals surface area contributed by atoms with Gasteiger partial charge in [-0.25, -0.2) is 4.39 Å². The van der Waals surface area contributed by atoms with Crippen LogP contribution in [0.1, 0.15) is 0 Å². The minimum absolute atomic E-state index is 0.0415. The summed E-state index contributed by atoms with van der Waals surface area (Å²) in [5, 5.41) is 0. The zero-order chi connectivity index (χ0) is 13.2. The average Bonchev–Trinajstić information content (AvgIpc) is 2.32. The molecule has 0 atom stereocenters. The molecule has 0 heterocycles. The van der Waals surface area contributed by atoms with E-state index >= 15 is 0 Å². The quantitative estimate of drug-likeness (QED) is 0.810. The maximum Gasteiger partial charge on any atom is 0.339 e. The Morgan fingerprint density at radius 1 is 1.06 bits per heavy atom. The fourth-order valence-corrected chi connectivity index (χ4v) is 2.84. The molecule has 6 heteroatoms. The lowest BCUT2D eigenvalue weighted by Crippen LogP contribution is -2.10. The number of para-hydroxylation sites is 1. The van der Waals surface area contributed by atoms with E-state index in [2.05, 4.69) is 15.9 Å². The Morgan fingerprint density at radius 3 is 2.44 bits per heavy atom. The molecule has 2 aromatic carbocycles. The van der Waals surface area contributed by atoms with Gasteiger partial charge in [-0.2, -0.15) is 8.42 Å². The van der Waals surface area contributed by atoms with Crippen LogP contribution >= 0.6 is 15.9 Å². The van der Waals surface area contributed by atoms with E-state index in [1.54, 1.807) is 12.1 Å². The van der Waals surface area contributed by atoms with Crippen LogP contribution in [-0.2, 0) is 10.1 Å². The van der Waals surface area contributed by atoms with Gasteiger partial charge in [0.1, 0.15) is 4.90 Å². The third-order valence-electron chi connectivity index (χ3n) is 2.12. The molecule has 0 aliphatic rings. The summed E-state index contributed by atoms with van der Waals surface area (Å²) >= 11 is 3.16. The number of rotatable bonds is 3. The van der Waals surface area contributed by atoms with Crippen molar-refractivity contribution in [1.29, 1.82) is 0 Å². The summed E-state index contributed by atoms with van der Waals surface area (Å²) in [5.41, 5.74) is 0. The van der Waals surface area contributed by atoms with E-state index in [1.807, 2.05) is 0 Å². The van der Waals surface area contributed by atoms with Crippen LogP contribution in [0.4, 0.5) is 4.39 Å². The van der Waals surface area contributed by atoms with Gasteiger partial charge in [-0.3, -0.25) is 0 Å². The monoisotopic (exact) mass is 330 g/mol. The van der Waals surface area contributed by atoms with Gasteiger partial charge >= 0.3 is 10.1 Å². The summed E-state index contributed by atoms with van der Waals surface area (Å²) in [6.07, 6.45) is 0. The summed E-state index contributed by atoms with van der Waals surface area (Å²) in [6.45, 7) is 0. The van der Waals surface area contributed by atoms with E-state index in [1.165, 1.54) is 30.3 Å². The first kappa shape index (κ1) is 13.0. The molecular weight excluding hydrogens is 323 g/mol. The van der Waals surface area contributed by atoms with Gasteiger partial charge in [0, 0.05) is 4.47 Å². The minimum atomic E-state index is -4.03. The van der Waals surface area contributed by atoms with Crippen LogP contribution in [0.2, 0.25) is 0 Å². The minimum Gasteiger partial charge on any atom is -0.376 e. The first-order chi connectivity index (χ1) is 8.49. The molecule has 0 fully saturated rings. The second kappa shape index (κ2) is 5.07. The highest BCUT2D eigenvalue weighted by Gasteiger charge is 2.18. The van der Waals surface area contributed by atoms with Gasteiger partial charge in [-0.1, -0.05) is 34.1 Å². The van der Waals surface area contributed by atoms with Crippen LogP contribution in [0.5, 0.6) is 5.75 Å². The van der Waals surface area contributed by atoms with E-state index in [0.717, 1.165) is 6.07 Å². The van der Waals surface area contributed by atoms with Gasteiger partial charge in [0.05, 0.1) is 0 Å². The van der Waals surface area contributed by atoms with Crippen molar-refractivity contribution < 1.29 is 17.0 Å². The van der Waals surface area contributed by atoms with Crippen molar-refractivity contribution in [2.24, 2.45) is 0 Å². The fraction of sp³-hybridized carbons (Fsp3) is 0. The lowest BCUT2D eigenvalue weighted by Gasteiger charge is -2.07. The van der Waals surface area contributed by atoms with Crippen molar-refractivity contribution in [2.45, 2.75) is 4.90 Å². The van der Waals surface area contributed by atoms with E-state index in [0.29, 0.717) is 4.47 Å². The second-order valence-electron chi connectivity index (χ2n) is 3.43. The van der Waals surface area contributed by atoms with Gasteiger partial charge in [0.25, 0.3) is 0 Å². The van der Waals surface area contributed by atoms with Crippen molar-refractivity contribution in [3.05, 3.63) is 58.8 Å². The maximum absolute atomic E-state index is 13.3. The molecule has 0 aliphatic carbocycles. The third kappa shape index (κ3) is 2.88. The van der Waals surface area contributed by atoms with E-state index < -0.39 is 15.9 Å². The number of halogens is 2. The second-order valence-corrected chi connectivity index (χ2v) is 5.89. The number of benzene rings is 2. The highest BCUT2D eigenvalue weighted by Crippen LogP contribution is 2.23. The molecule has 18 heavy (non-hydrogen) atoms. The summed E-state index contributed by atoms with van der Waals surface area (Å²) in [5.74, 6) is -1.05. The molecule has 0 bridgehead atoms. The summed E-state index contributed by atoms with van der Waals surface area (Å²) in [6, 6.07) is 11.3. The molecule has 0 N–H and O–H groups in total. The summed E-state index contributed by atoms with van der Waals surface area (Å²) in [4.78, 5) is -0.0415. The van der Waals surface area contributed by atoms with Gasteiger partial charge < -0.3 is 4.18 Å². The van der Waals surface area contributed by atoms with E-state index in [-0.39, 0.29) is 10.6 Å². The molecule has 0 aromatic heterocycles. The van der Waals surface area contributed by atoms with Crippen LogP contribution in [-0.4, -0.2) is 8.42 Å². The first-order valence-electron chi connectivity index (χ1n) is 4.93. The molecular formula is C12H8BrFO3S. The third-order valence-corrected chi connectivity index (χ3v) is 3.84. The molecule has 94 valence electrons. The Bertz CT molecular complexity index is 671. The van der Waals surface area contributed by atoms with E-state index in [4.69, 9.17) is 4.18 Å². The number of hydrogen-bond donors (Lipinski definition) is 0. The Labute approximate surface area is 112 Å². The molecule has 2 aromatic rings. The molecule has 0 spiro atoms. The van der Waals surface area contributed by atoms with E-state index in [9.17, 15) is 12.8 Å². The van der Waals surface area contributed by atoms with Crippen LogP contribution in [0, 0.1) is 5.82 Å². The lowest BCUT2D eigenvalue weighted by molar-refractivity contribution is 0.461. The Morgan fingerprint density at radius 2 is 1.78 bits per heavy atom. The molecule has 3 nitrogen and oxygen atoms in total. The Kier molecular flexibility index (Phi) is 3.68. The molecule has 0 radical (unpaired) electrons. The molecule has 0 unspecified atom stereocenters. The average molecular weight is 331 g/mol. The molecule has 0 saturated heterocycles. The smallest absolute Gasteiger partial charge is 0.339 e. The molecule has 0 amide bonds. The predicted molar refractivity (Wildman–Crippen MR) is 68.4 cm³/mol. The number of hydrogen-bond acceptors (Lipinski definition) is 3. The predicted octanol–water partition coefficient (Wildman–Crippen LogP) is 3.36. The summed E-state index contributed by atoms with van der Waals surface area (Å²) in [7, 11) is -4.03. The first-order valence-corrected chi connectivity index (χ1v) is 7.14. The Hall–Kier alpha value is -1.40. The molecule has 0 saturated carbocycles. The standard InChI is InChI=1S/C12H8BrFO3S/c13-9-4-3-5-10(8-9)18(15,16)17-12-7-2-1-6-11(12)14/h1-8H. The Balaban J connectivity index is 2.37. The molecule has 0 aliphatic heterocycles. The van der Waals surface area contributed by atoms with Crippen LogP contribution in [0.25, 0.3) is 0 Å². The highest BCUT2D eigenvalue weighted by atomic mass is 79.9. The van der Waals surface area contributed by atoms with Crippen molar-refractivity contribution in [2.75, 3.05) is 0 Å². The van der Waals surface area contributed by atoms with Crippen LogP contribution in [0.15, 0.2) is 57.9 Å². The van der Waals surface area contributed by atoms with Crippen molar-refractivity contribution >= 4 is 26.0 Å². The van der Waals surface area contributed by atoms with Gasteiger partial charge in [0.15, 0.2) is 11.6 Å².